The van der Waals surface area contributed by atoms with Crippen LogP contribution in [0.2, 0.25) is 0 Å². The topological polar surface area (TPSA) is 66.8 Å². The van der Waals surface area contributed by atoms with Crippen molar-refractivity contribution < 1.29 is 19.7 Å². The van der Waals surface area contributed by atoms with Crippen LogP contribution < -0.4 is 4.74 Å². The van der Waals surface area contributed by atoms with Crippen LogP contribution in [0.3, 0.4) is 0 Å². The summed E-state index contributed by atoms with van der Waals surface area (Å²) in [5.41, 5.74) is 5.39. The summed E-state index contributed by atoms with van der Waals surface area (Å²) in [6.45, 7) is 10.3. The molecule has 1 aromatic carbocycles. The molecule has 0 aromatic heterocycles. The fraction of sp³-hybridized carbons (Fsp3) is 0.560. The summed E-state index contributed by atoms with van der Waals surface area (Å²) in [7, 11) is 0. The number of aryl methyl sites for hydroxylation is 1. The average molecular weight is 401 g/mol. The molecular weight excluding hydrogens is 364 g/mol. The van der Waals surface area contributed by atoms with E-state index in [9.17, 15) is 9.90 Å². The molecule has 1 aromatic rings. The molecule has 2 rings (SSSR count). The van der Waals surface area contributed by atoms with Gasteiger partial charge in [-0.15, -0.1) is 0 Å². The van der Waals surface area contributed by atoms with Gasteiger partial charge in [-0.2, -0.15) is 0 Å². The maximum atomic E-state index is 10.6. The number of phenolic OH excluding ortho intramolecular Hbond substituents is 1. The Kier molecular flexibility index (Phi) is 7.95. The van der Waals surface area contributed by atoms with Crippen LogP contribution in [0, 0.1) is 13.8 Å². The molecule has 0 spiro atoms. The summed E-state index contributed by atoms with van der Waals surface area (Å²) < 4.78 is 6.43. The highest BCUT2D eigenvalue weighted by Crippen LogP contribution is 2.41. The summed E-state index contributed by atoms with van der Waals surface area (Å²) in [4.78, 5) is 10.6. The van der Waals surface area contributed by atoms with E-state index in [-0.39, 0.29) is 12.0 Å². The van der Waals surface area contributed by atoms with Crippen molar-refractivity contribution in [2.75, 3.05) is 0 Å². The minimum Gasteiger partial charge on any atom is -0.508 e. The van der Waals surface area contributed by atoms with Crippen LogP contribution in [0.1, 0.15) is 82.4 Å². The number of rotatable bonds is 9. The van der Waals surface area contributed by atoms with Crippen LogP contribution in [-0.2, 0) is 11.2 Å². The predicted molar refractivity (Wildman–Crippen MR) is 118 cm³/mol. The minimum absolute atomic E-state index is 0.175. The molecule has 1 atom stereocenters. The molecule has 2 N–H and O–H groups in total. The van der Waals surface area contributed by atoms with Gasteiger partial charge in [-0.25, -0.2) is 0 Å². The van der Waals surface area contributed by atoms with Gasteiger partial charge in [0.15, 0.2) is 0 Å². The molecule has 4 heteroatoms. The van der Waals surface area contributed by atoms with E-state index in [0.29, 0.717) is 12.2 Å². The monoisotopic (exact) mass is 400 g/mol. The minimum atomic E-state index is -0.739. The number of carboxylic acid groups (broad SMARTS) is 1. The van der Waals surface area contributed by atoms with Gasteiger partial charge >= 0.3 is 5.97 Å². The number of carboxylic acids is 1. The van der Waals surface area contributed by atoms with Gasteiger partial charge in [0.1, 0.15) is 17.1 Å². The summed E-state index contributed by atoms with van der Waals surface area (Å²) in [6.07, 6.45) is 11.1. The van der Waals surface area contributed by atoms with Crippen LogP contribution >= 0.6 is 0 Å². The van der Waals surface area contributed by atoms with Gasteiger partial charge in [0.25, 0.3) is 0 Å². The smallest absolute Gasteiger partial charge is 0.303 e. The van der Waals surface area contributed by atoms with Crippen molar-refractivity contribution in [3.8, 4) is 11.5 Å². The zero-order valence-electron chi connectivity index (χ0n) is 18.6. The lowest BCUT2D eigenvalue weighted by atomic mass is 9.87. The predicted octanol–water partition coefficient (Wildman–Crippen LogP) is 6.41. The van der Waals surface area contributed by atoms with Crippen molar-refractivity contribution in [3.05, 3.63) is 46.1 Å². The Morgan fingerprint density at radius 2 is 1.76 bits per heavy atom. The van der Waals surface area contributed by atoms with E-state index in [0.717, 1.165) is 66.5 Å². The molecule has 1 aliphatic heterocycles. The molecule has 0 aliphatic carbocycles. The number of ether oxygens (including phenoxy) is 1. The second-order valence-electron chi connectivity index (χ2n) is 8.76. The molecule has 0 bridgehead atoms. The highest BCUT2D eigenvalue weighted by Gasteiger charge is 2.32. The molecule has 4 nitrogen and oxygen atoms in total. The van der Waals surface area contributed by atoms with E-state index in [4.69, 9.17) is 9.84 Å². The molecule has 0 radical (unpaired) electrons. The van der Waals surface area contributed by atoms with Crippen molar-refractivity contribution in [1.29, 1.82) is 0 Å². The highest BCUT2D eigenvalue weighted by molar-refractivity contribution is 5.67. The first kappa shape index (κ1) is 23.1. The molecule has 1 heterocycles. The summed E-state index contributed by atoms with van der Waals surface area (Å²) >= 11 is 0. The SMILES string of the molecule is C/C(=C\CC[C@]1(C)CCc2cc(O)c(C)c(C)c2O1)CC/C=C(\C)CCC(=O)O. The molecule has 160 valence electrons. The van der Waals surface area contributed by atoms with E-state index in [2.05, 4.69) is 26.0 Å². The van der Waals surface area contributed by atoms with Gasteiger partial charge in [-0.3, -0.25) is 4.79 Å². The number of carbonyl (C=O) groups is 1. The first-order valence-corrected chi connectivity index (χ1v) is 10.7. The van der Waals surface area contributed by atoms with E-state index >= 15 is 0 Å². The Morgan fingerprint density at radius 1 is 1.10 bits per heavy atom. The standard InChI is InChI=1S/C25H36O4/c1-17(8-6-9-18(2)11-12-23(27)28)10-7-14-25(5)15-13-21-16-22(26)19(3)20(4)24(21)29-25/h9-10,16,26H,6-8,11-15H2,1-5H3,(H,27,28)/b17-10+,18-9+/t25-/m1/s1. The van der Waals surface area contributed by atoms with Crippen molar-refractivity contribution in [1.82, 2.24) is 0 Å². The quantitative estimate of drug-likeness (QED) is 0.470. The normalized spacial score (nSPS) is 19.6. The summed E-state index contributed by atoms with van der Waals surface area (Å²) in [6, 6.07) is 1.85. The Labute approximate surface area is 175 Å². The molecule has 0 fully saturated rings. The van der Waals surface area contributed by atoms with Gasteiger partial charge in [-0.1, -0.05) is 23.3 Å². The van der Waals surface area contributed by atoms with Gasteiger partial charge in [0, 0.05) is 6.42 Å². The zero-order valence-corrected chi connectivity index (χ0v) is 18.6. The lowest BCUT2D eigenvalue weighted by Gasteiger charge is -2.37. The summed E-state index contributed by atoms with van der Waals surface area (Å²) in [5.74, 6) is 0.577. The maximum Gasteiger partial charge on any atom is 0.303 e. The molecule has 0 amide bonds. The van der Waals surface area contributed by atoms with Crippen molar-refractivity contribution in [3.63, 3.8) is 0 Å². The van der Waals surface area contributed by atoms with Crippen molar-refractivity contribution in [2.24, 2.45) is 0 Å². The number of fused-ring (bicyclic) bond motifs is 1. The van der Waals surface area contributed by atoms with E-state index in [1.54, 1.807) is 0 Å². The molecular formula is C25H36O4. The summed E-state index contributed by atoms with van der Waals surface area (Å²) in [5, 5.41) is 18.8. The van der Waals surface area contributed by atoms with Crippen molar-refractivity contribution in [2.45, 2.75) is 91.6 Å². The fourth-order valence-corrected chi connectivity index (χ4v) is 3.82. The largest absolute Gasteiger partial charge is 0.508 e. The van der Waals surface area contributed by atoms with Gasteiger partial charge in [0.2, 0.25) is 0 Å². The Bertz CT molecular complexity index is 804. The molecule has 0 saturated carbocycles. The second kappa shape index (κ2) is 10.00. The van der Waals surface area contributed by atoms with E-state index in [1.807, 2.05) is 26.8 Å². The molecule has 1 aliphatic rings. The Morgan fingerprint density at radius 3 is 2.45 bits per heavy atom. The highest BCUT2D eigenvalue weighted by atomic mass is 16.5. The average Bonchev–Trinajstić information content (AvgIpc) is 2.65. The number of benzene rings is 1. The second-order valence-corrected chi connectivity index (χ2v) is 8.76. The Hall–Kier alpha value is -2.23. The third-order valence-corrected chi connectivity index (χ3v) is 6.09. The van der Waals surface area contributed by atoms with Gasteiger partial charge in [0.05, 0.1) is 0 Å². The first-order chi connectivity index (χ1) is 13.6. The zero-order chi connectivity index (χ0) is 21.6. The lowest BCUT2D eigenvalue weighted by molar-refractivity contribution is -0.136. The lowest BCUT2D eigenvalue weighted by Crippen LogP contribution is -2.36. The number of allylic oxidation sites excluding steroid dienone is 4. The van der Waals surface area contributed by atoms with E-state index < -0.39 is 5.97 Å². The van der Waals surface area contributed by atoms with Crippen LogP contribution in [0.5, 0.6) is 11.5 Å². The number of hydrogen-bond donors (Lipinski definition) is 2. The third-order valence-electron chi connectivity index (χ3n) is 6.09. The number of phenols is 1. The third kappa shape index (κ3) is 6.66. The molecule has 29 heavy (non-hydrogen) atoms. The van der Waals surface area contributed by atoms with Crippen LogP contribution in [0.4, 0.5) is 0 Å². The Balaban J connectivity index is 1.86. The van der Waals surface area contributed by atoms with Crippen molar-refractivity contribution >= 4 is 5.97 Å². The number of aromatic hydroxyl groups is 1. The van der Waals surface area contributed by atoms with Crippen LogP contribution in [-0.4, -0.2) is 21.8 Å². The first-order valence-electron chi connectivity index (χ1n) is 10.7. The molecule has 0 unspecified atom stereocenters. The van der Waals surface area contributed by atoms with Crippen LogP contribution in [0.15, 0.2) is 29.4 Å². The molecule has 0 saturated heterocycles. The van der Waals surface area contributed by atoms with Gasteiger partial charge < -0.3 is 14.9 Å². The number of aliphatic carboxylic acids is 1. The van der Waals surface area contributed by atoms with E-state index in [1.165, 1.54) is 5.57 Å². The number of hydrogen-bond acceptors (Lipinski definition) is 3. The maximum absolute atomic E-state index is 10.6. The fourth-order valence-electron chi connectivity index (χ4n) is 3.82. The van der Waals surface area contributed by atoms with Crippen LogP contribution in [0.25, 0.3) is 0 Å². The van der Waals surface area contributed by atoms with Gasteiger partial charge in [-0.05, 0) is 102 Å².